The lowest BCUT2D eigenvalue weighted by Gasteiger charge is -1.92. The Balaban J connectivity index is 2.37. The number of H-pyrrole nitrogens is 1. The molecule has 2 rings (SSSR count). The summed E-state index contributed by atoms with van der Waals surface area (Å²) in [4.78, 5) is 5.75. The molecule has 0 amide bonds. The van der Waals surface area contributed by atoms with Gasteiger partial charge in [0.1, 0.15) is 0 Å². The highest BCUT2D eigenvalue weighted by atomic mass is 15.1. The zero-order chi connectivity index (χ0) is 10.5. The molecule has 2 aromatic rings. The van der Waals surface area contributed by atoms with E-state index in [1.807, 2.05) is 30.5 Å². The lowest BCUT2D eigenvalue weighted by molar-refractivity contribution is 1.25. The number of nitrogens with zero attached hydrogens (tertiary/aromatic N) is 3. The quantitative estimate of drug-likeness (QED) is 0.315. The van der Waals surface area contributed by atoms with Gasteiger partial charge in [0.25, 0.3) is 0 Å². The van der Waals surface area contributed by atoms with Crippen molar-refractivity contribution in [1.82, 2.24) is 4.98 Å². The fraction of sp³-hybridized carbons (Fsp3) is 0.0909. The number of benzene rings is 1. The molecule has 1 aromatic carbocycles. The van der Waals surface area contributed by atoms with Crippen LogP contribution in [0.5, 0.6) is 0 Å². The molecule has 15 heavy (non-hydrogen) atoms. The molecule has 0 spiro atoms. The lowest BCUT2D eigenvalue weighted by Crippen LogP contribution is -1.77. The zero-order valence-corrected chi connectivity index (χ0v) is 7.94. The number of rotatable bonds is 1. The molecule has 0 aliphatic heterocycles. The Bertz CT molecular complexity index is 579. The van der Waals surface area contributed by atoms with Gasteiger partial charge in [-0.2, -0.15) is 0 Å². The molecule has 4 heteroatoms. The first-order valence-electron chi connectivity index (χ1n) is 4.47. The average Bonchev–Trinajstić information content (AvgIpc) is 2.73. The predicted octanol–water partition coefficient (Wildman–Crippen LogP) is 2.83. The molecule has 0 radical (unpaired) electrons. The summed E-state index contributed by atoms with van der Waals surface area (Å²) in [7, 11) is 0. The average molecular weight is 196 g/mol. The Morgan fingerprint density at radius 2 is 2.33 bits per heavy atom. The van der Waals surface area contributed by atoms with E-state index in [0.29, 0.717) is 0 Å². The molecule has 72 valence electrons. The number of aromatic amines is 1. The molecule has 0 aliphatic rings. The summed E-state index contributed by atoms with van der Waals surface area (Å²) >= 11 is 0. The first kappa shape index (κ1) is 9.20. The van der Waals surface area contributed by atoms with Crippen molar-refractivity contribution in [2.45, 2.75) is 0 Å². The number of nitrogens with one attached hydrogen (secondary N) is 1. The number of hydrogen-bond acceptors (Lipinski definition) is 1. The summed E-state index contributed by atoms with van der Waals surface area (Å²) in [6.07, 6.45) is 1.88. The number of azide groups is 1. The molecule has 0 fully saturated rings. The standard InChI is InChI=1S/C11H8N4/c12-15-14-7-2-4-9-3-1-5-11-10(9)6-8-13-11/h1,3,5-6,8,13H,7H2. The van der Waals surface area contributed by atoms with Crippen LogP contribution in [0.3, 0.4) is 0 Å². The van der Waals surface area contributed by atoms with E-state index in [-0.39, 0.29) is 6.54 Å². The highest BCUT2D eigenvalue weighted by Crippen LogP contribution is 2.15. The highest BCUT2D eigenvalue weighted by Gasteiger charge is 1.96. The topological polar surface area (TPSA) is 64.6 Å². The molecular formula is C11H8N4. The van der Waals surface area contributed by atoms with Crippen LogP contribution in [-0.2, 0) is 0 Å². The largest absolute Gasteiger partial charge is 0.361 e. The van der Waals surface area contributed by atoms with Crippen LogP contribution in [0.15, 0.2) is 35.6 Å². The van der Waals surface area contributed by atoms with Crippen molar-refractivity contribution in [3.63, 3.8) is 0 Å². The maximum Gasteiger partial charge on any atom is 0.0880 e. The van der Waals surface area contributed by atoms with E-state index >= 15 is 0 Å². The molecule has 0 unspecified atom stereocenters. The Kier molecular flexibility index (Phi) is 2.59. The van der Waals surface area contributed by atoms with Gasteiger partial charge in [-0.05, 0) is 23.7 Å². The third-order valence-electron chi connectivity index (χ3n) is 2.03. The van der Waals surface area contributed by atoms with Crippen molar-refractivity contribution in [1.29, 1.82) is 0 Å². The number of hydrogen-bond donors (Lipinski definition) is 1. The van der Waals surface area contributed by atoms with Gasteiger partial charge in [0.15, 0.2) is 0 Å². The Labute approximate surface area is 86.6 Å². The van der Waals surface area contributed by atoms with Crippen LogP contribution >= 0.6 is 0 Å². The van der Waals surface area contributed by atoms with Crippen LogP contribution in [0.4, 0.5) is 0 Å². The molecule has 0 aliphatic carbocycles. The Morgan fingerprint density at radius 3 is 3.20 bits per heavy atom. The summed E-state index contributed by atoms with van der Waals surface area (Å²) in [5.41, 5.74) is 10.1. The summed E-state index contributed by atoms with van der Waals surface area (Å²) in [5.74, 6) is 5.77. The minimum atomic E-state index is 0.206. The van der Waals surface area contributed by atoms with Crippen molar-refractivity contribution in [2.24, 2.45) is 5.11 Å². The maximum atomic E-state index is 8.09. The SMILES string of the molecule is [N-]=[N+]=NCC#Cc1cccc2[nH]ccc12. The fourth-order valence-corrected chi connectivity index (χ4v) is 1.40. The summed E-state index contributed by atoms with van der Waals surface area (Å²) in [6.45, 7) is 0.206. The number of fused-ring (bicyclic) bond motifs is 1. The second-order valence-electron chi connectivity index (χ2n) is 2.94. The molecule has 1 aromatic heterocycles. The van der Waals surface area contributed by atoms with Gasteiger partial charge in [-0.15, -0.1) is 0 Å². The third-order valence-corrected chi connectivity index (χ3v) is 2.03. The molecule has 0 saturated carbocycles. The zero-order valence-electron chi connectivity index (χ0n) is 7.94. The highest BCUT2D eigenvalue weighted by molar-refractivity contribution is 5.85. The number of aromatic nitrogens is 1. The molecule has 4 nitrogen and oxygen atoms in total. The van der Waals surface area contributed by atoms with Gasteiger partial charge in [-0.3, -0.25) is 0 Å². The van der Waals surface area contributed by atoms with E-state index in [1.165, 1.54) is 0 Å². The Hall–Kier alpha value is -2.37. The third kappa shape index (κ3) is 1.93. The van der Waals surface area contributed by atoms with Crippen LogP contribution in [0.1, 0.15) is 5.56 Å². The predicted molar refractivity (Wildman–Crippen MR) is 59.2 cm³/mol. The first-order chi connectivity index (χ1) is 7.42. The smallest absolute Gasteiger partial charge is 0.0880 e. The van der Waals surface area contributed by atoms with E-state index in [1.54, 1.807) is 0 Å². The normalized spacial score (nSPS) is 9.07. The molecule has 0 atom stereocenters. The summed E-state index contributed by atoms with van der Waals surface area (Å²) in [5, 5.41) is 4.44. The summed E-state index contributed by atoms with van der Waals surface area (Å²) in [6, 6.07) is 7.86. The van der Waals surface area contributed by atoms with Gasteiger partial charge in [-0.25, -0.2) is 0 Å². The minimum Gasteiger partial charge on any atom is -0.361 e. The van der Waals surface area contributed by atoms with Crippen molar-refractivity contribution < 1.29 is 0 Å². The van der Waals surface area contributed by atoms with Crippen molar-refractivity contribution >= 4 is 10.9 Å². The fourth-order valence-electron chi connectivity index (χ4n) is 1.40. The van der Waals surface area contributed by atoms with E-state index in [0.717, 1.165) is 16.5 Å². The Morgan fingerprint density at radius 1 is 1.40 bits per heavy atom. The molecule has 0 saturated heterocycles. The van der Waals surface area contributed by atoms with E-state index in [4.69, 9.17) is 5.53 Å². The summed E-state index contributed by atoms with van der Waals surface area (Å²) < 4.78 is 0. The minimum absolute atomic E-state index is 0.206. The molecular weight excluding hydrogens is 188 g/mol. The van der Waals surface area contributed by atoms with Crippen molar-refractivity contribution in [2.75, 3.05) is 6.54 Å². The lowest BCUT2D eigenvalue weighted by atomic mass is 10.1. The molecule has 0 bridgehead atoms. The molecule has 1 N–H and O–H groups in total. The van der Waals surface area contributed by atoms with Crippen molar-refractivity contribution in [3.8, 4) is 11.8 Å². The van der Waals surface area contributed by atoms with Crippen LogP contribution in [0, 0.1) is 11.8 Å². The van der Waals surface area contributed by atoms with Gasteiger partial charge in [0.05, 0.1) is 6.54 Å². The van der Waals surface area contributed by atoms with Gasteiger partial charge in [0.2, 0.25) is 0 Å². The maximum absolute atomic E-state index is 8.09. The van der Waals surface area contributed by atoms with Crippen LogP contribution < -0.4 is 0 Å². The van der Waals surface area contributed by atoms with Crippen LogP contribution in [0.25, 0.3) is 21.3 Å². The molecule has 1 heterocycles. The van der Waals surface area contributed by atoms with Gasteiger partial charge >= 0.3 is 0 Å². The van der Waals surface area contributed by atoms with E-state index < -0.39 is 0 Å². The van der Waals surface area contributed by atoms with Crippen LogP contribution in [0.2, 0.25) is 0 Å². The van der Waals surface area contributed by atoms with Crippen molar-refractivity contribution in [3.05, 3.63) is 46.5 Å². The first-order valence-corrected chi connectivity index (χ1v) is 4.47. The van der Waals surface area contributed by atoms with Gasteiger partial charge < -0.3 is 4.98 Å². The van der Waals surface area contributed by atoms with Crippen LogP contribution in [-0.4, -0.2) is 11.5 Å². The second kappa shape index (κ2) is 4.23. The van der Waals surface area contributed by atoms with Gasteiger partial charge in [0, 0.05) is 27.6 Å². The van der Waals surface area contributed by atoms with Gasteiger partial charge in [-0.1, -0.05) is 23.0 Å². The monoisotopic (exact) mass is 196 g/mol. The van der Waals surface area contributed by atoms with E-state index in [2.05, 4.69) is 26.9 Å². The van der Waals surface area contributed by atoms with E-state index in [9.17, 15) is 0 Å². The second-order valence-corrected chi connectivity index (χ2v) is 2.94.